The lowest BCUT2D eigenvalue weighted by molar-refractivity contribution is -0.305. The molecule has 0 bridgehead atoms. The lowest BCUT2D eigenvalue weighted by Gasteiger charge is -2.14. The van der Waals surface area contributed by atoms with Crippen LogP contribution in [-0.2, 0) is 9.59 Å². The molecule has 1 heterocycles. The van der Waals surface area contributed by atoms with E-state index in [1.807, 2.05) is 0 Å². The van der Waals surface area contributed by atoms with Crippen molar-refractivity contribution in [2.24, 2.45) is 0 Å². The largest absolute Gasteiger partial charge is 0.550 e. The predicted octanol–water partition coefficient (Wildman–Crippen LogP) is 1.12. The minimum absolute atomic E-state index is 0.103. The number of phenolic OH excluding ortho intramolecular Hbond substituents is 1. The van der Waals surface area contributed by atoms with Gasteiger partial charge in [-0.1, -0.05) is 36.1 Å². The molecule has 1 aliphatic rings. The maximum Gasteiger partial charge on any atom is 0.266 e. The number of carbonyl (C=O) groups excluding carboxylic acids is 2. The van der Waals surface area contributed by atoms with E-state index in [-0.39, 0.29) is 24.6 Å². The molecule has 5 nitrogen and oxygen atoms in total. The van der Waals surface area contributed by atoms with Crippen molar-refractivity contribution >= 4 is 46.3 Å². The molecule has 0 aliphatic carbocycles. The molecule has 1 saturated heterocycles. The molecular weight excluding hydrogens is 310 g/mol. The van der Waals surface area contributed by atoms with Crippen LogP contribution < -0.4 is 5.11 Å². The zero-order chi connectivity index (χ0) is 15.4. The topological polar surface area (TPSA) is 80.7 Å². The molecule has 0 unspecified atom stereocenters. The first kappa shape index (κ1) is 15.5. The number of nitrogens with zero attached hydrogens (tertiary/aromatic N) is 1. The fourth-order valence-corrected chi connectivity index (χ4v) is 3.10. The van der Waals surface area contributed by atoms with Gasteiger partial charge in [0.25, 0.3) is 5.91 Å². The highest BCUT2D eigenvalue weighted by molar-refractivity contribution is 8.26. The van der Waals surface area contributed by atoms with Crippen molar-refractivity contribution < 1.29 is 19.8 Å². The zero-order valence-corrected chi connectivity index (χ0v) is 12.6. The summed E-state index contributed by atoms with van der Waals surface area (Å²) in [6.45, 7) is 0.269. The highest BCUT2D eigenvalue weighted by atomic mass is 32.2. The number of thioether (sulfide) groups is 1. The molecule has 110 valence electrons. The van der Waals surface area contributed by atoms with E-state index >= 15 is 0 Å². The second kappa shape index (κ2) is 6.73. The minimum Gasteiger partial charge on any atom is -0.550 e. The summed E-state index contributed by atoms with van der Waals surface area (Å²) in [5.41, 5.74) is 0.781. The molecule has 1 aliphatic heterocycles. The lowest BCUT2D eigenvalue weighted by Crippen LogP contribution is -2.30. The third kappa shape index (κ3) is 4.05. The number of aromatic hydroxyl groups is 1. The first-order valence-corrected chi connectivity index (χ1v) is 7.44. The molecule has 1 aromatic carbocycles. The van der Waals surface area contributed by atoms with Crippen LogP contribution in [0.25, 0.3) is 6.08 Å². The number of benzene rings is 1. The van der Waals surface area contributed by atoms with Gasteiger partial charge in [0, 0.05) is 12.5 Å². The molecule has 7 heteroatoms. The second-order valence-corrected chi connectivity index (χ2v) is 6.08. The number of aliphatic carboxylic acids is 1. The van der Waals surface area contributed by atoms with Gasteiger partial charge in [-0.25, -0.2) is 0 Å². The average Bonchev–Trinajstić information content (AvgIpc) is 2.68. The van der Waals surface area contributed by atoms with E-state index in [1.165, 1.54) is 28.8 Å². The van der Waals surface area contributed by atoms with Crippen LogP contribution in [-0.4, -0.2) is 32.7 Å². The molecule has 1 aromatic rings. The summed E-state index contributed by atoms with van der Waals surface area (Å²) in [5.74, 6) is -1.21. The summed E-state index contributed by atoms with van der Waals surface area (Å²) in [5, 5.41) is 19.6. The minimum atomic E-state index is -1.14. The standard InChI is InChI=1S/C14H13NO4S2/c16-10-5-3-9(4-6-10)8-11-13(19)15(14(20)21-11)7-1-2-12(17)18/h3-6,8,16H,1-2,7H2,(H,17,18)/p-1/b11-8+. The first-order chi connectivity index (χ1) is 9.97. The Labute approximate surface area is 131 Å². The third-order valence-electron chi connectivity index (χ3n) is 2.83. The van der Waals surface area contributed by atoms with E-state index in [0.29, 0.717) is 15.6 Å². The number of carbonyl (C=O) groups is 2. The van der Waals surface area contributed by atoms with Gasteiger partial charge in [-0.2, -0.15) is 0 Å². The summed E-state index contributed by atoms with van der Waals surface area (Å²) in [7, 11) is 0. The predicted molar refractivity (Wildman–Crippen MR) is 82.2 cm³/mol. The van der Waals surface area contributed by atoms with Gasteiger partial charge in [0.1, 0.15) is 10.1 Å². The van der Waals surface area contributed by atoms with Crippen LogP contribution in [0.15, 0.2) is 29.2 Å². The van der Waals surface area contributed by atoms with E-state index in [2.05, 4.69) is 0 Å². The summed E-state index contributed by atoms with van der Waals surface area (Å²) in [6.07, 6.45) is 1.90. The van der Waals surface area contributed by atoms with Crippen molar-refractivity contribution in [2.75, 3.05) is 6.54 Å². The SMILES string of the molecule is O=C([O-])CCCN1C(=O)/C(=C\c2ccc(O)cc2)SC1=S. The lowest BCUT2D eigenvalue weighted by atomic mass is 10.2. The van der Waals surface area contributed by atoms with Crippen molar-refractivity contribution in [3.05, 3.63) is 34.7 Å². The fraction of sp³-hybridized carbons (Fsp3) is 0.214. The number of carboxylic acids is 1. The Hall–Kier alpha value is -1.86. The Morgan fingerprint density at radius 1 is 1.38 bits per heavy atom. The second-order valence-electron chi connectivity index (χ2n) is 4.40. The van der Waals surface area contributed by atoms with E-state index in [0.717, 1.165) is 5.56 Å². The van der Waals surface area contributed by atoms with Gasteiger partial charge in [0.05, 0.1) is 4.91 Å². The Balaban J connectivity index is 2.06. The van der Waals surface area contributed by atoms with Crippen LogP contribution in [0, 0.1) is 0 Å². The molecule has 1 amide bonds. The quantitative estimate of drug-likeness (QED) is 0.646. The Morgan fingerprint density at radius 2 is 2.05 bits per heavy atom. The Bertz CT molecular complexity index is 610. The first-order valence-electron chi connectivity index (χ1n) is 6.21. The van der Waals surface area contributed by atoms with Crippen LogP contribution in [0.5, 0.6) is 5.75 Å². The molecular formula is C14H12NO4S2-. The van der Waals surface area contributed by atoms with E-state index in [4.69, 9.17) is 12.2 Å². The molecule has 21 heavy (non-hydrogen) atoms. The number of phenols is 1. The molecule has 0 radical (unpaired) electrons. The number of carboxylic acid groups (broad SMARTS) is 1. The van der Waals surface area contributed by atoms with Crippen LogP contribution in [0.3, 0.4) is 0 Å². The highest BCUT2D eigenvalue weighted by Gasteiger charge is 2.31. The third-order valence-corrected chi connectivity index (χ3v) is 4.20. The molecule has 0 spiro atoms. The average molecular weight is 322 g/mol. The van der Waals surface area contributed by atoms with Gasteiger partial charge >= 0.3 is 0 Å². The normalized spacial score (nSPS) is 16.8. The number of amides is 1. The maximum absolute atomic E-state index is 12.2. The van der Waals surface area contributed by atoms with Gasteiger partial charge in [0.2, 0.25) is 0 Å². The van der Waals surface area contributed by atoms with Crippen molar-refractivity contribution in [3.63, 3.8) is 0 Å². The Morgan fingerprint density at radius 3 is 2.67 bits per heavy atom. The van der Waals surface area contributed by atoms with Crippen molar-refractivity contribution in [1.82, 2.24) is 4.90 Å². The summed E-state index contributed by atoms with van der Waals surface area (Å²) in [6, 6.07) is 6.45. The van der Waals surface area contributed by atoms with Crippen molar-refractivity contribution in [1.29, 1.82) is 0 Å². The van der Waals surface area contributed by atoms with Gasteiger partial charge in [-0.15, -0.1) is 0 Å². The van der Waals surface area contributed by atoms with Crippen LogP contribution in [0.4, 0.5) is 0 Å². The molecule has 0 saturated carbocycles. The summed E-state index contributed by atoms with van der Waals surface area (Å²) >= 11 is 6.32. The van der Waals surface area contributed by atoms with Gasteiger partial charge in [-0.05, 0) is 36.6 Å². The van der Waals surface area contributed by atoms with E-state index in [1.54, 1.807) is 18.2 Å². The number of thiocarbonyl (C=S) groups is 1. The number of rotatable bonds is 5. The van der Waals surface area contributed by atoms with Gasteiger partial charge in [0.15, 0.2) is 0 Å². The maximum atomic E-state index is 12.2. The number of hydrogen-bond acceptors (Lipinski definition) is 6. The van der Waals surface area contributed by atoms with Crippen LogP contribution in [0.2, 0.25) is 0 Å². The fourth-order valence-electron chi connectivity index (χ4n) is 1.80. The zero-order valence-electron chi connectivity index (χ0n) is 10.9. The van der Waals surface area contributed by atoms with Crippen molar-refractivity contribution in [2.45, 2.75) is 12.8 Å². The molecule has 0 atom stereocenters. The Kier molecular flexibility index (Phi) is 4.98. The van der Waals surface area contributed by atoms with Crippen LogP contribution >= 0.6 is 24.0 Å². The van der Waals surface area contributed by atoms with E-state index < -0.39 is 5.97 Å². The van der Waals surface area contributed by atoms with E-state index in [9.17, 15) is 19.8 Å². The smallest absolute Gasteiger partial charge is 0.266 e. The molecule has 1 fully saturated rings. The van der Waals surface area contributed by atoms with Gasteiger partial charge < -0.3 is 15.0 Å². The molecule has 2 rings (SSSR count). The monoisotopic (exact) mass is 322 g/mol. The highest BCUT2D eigenvalue weighted by Crippen LogP contribution is 2.32. The van der Waals surface area contributed by atoms with Gasteiger partial charge in [-0.3, -0.25) is 9.69 Å². The number of hydrogen-bond donors (Lipinski definition) is 1. The van der Waals surface area contributed by atoms with Crippen LogP contribution in [0.1, 0.15) is 18.4 Å². The summed E-state index contributed by atoms with van der Waals surface area (Å²) in [4.78, 5) is 24.5. The molecule has 0 aromatic heterocycles. The molecule has 1 N–H and O–H groups in total. The summed E-state index contributed by atoms with van der Waals surface area (Å²) < 4.78 is 0.420. The van der Waals surface area contributed by atoms with Crippen molar-refractivity contribution in [3.8, 4) is 5.75 Å².